The van der Waals surface area contributed by atoms with Gasteiger partial charge in [0.2, 0.25) is 0 Å². The molecule has 0 aliphatic heterocycles. The Labute approximate surface area is 110 Å². The zero-order valence-electron chi connectivity index (χ0n) is 10.4. The second kappa shape index (κ2) is 5.79. The molecule has 0 heterocycles. The lowest BCUT2D eigenvalue weighted by molar-refractivity contribution is -0.384. The maximum Gasteiger partial charge on any atom is 0.309 e. The molecule has 0 saturated heterocycles. The molecule has 0 bridgehead atoms. The molecule has 1 rings (SSSR count). The minimum atomic E-state index is -3.68. The summed E-state index contributed by atoms with van der Waals surface area (Å²) in [4.78, 5) is 21.0. The van der Waals surface area contributed by atoms with E-state index in [9.17, 15) is 23.3 Å². The maximum absolute atomic E-state index is 12.0. The minimum absolute atomic E-state index is 0.0612. The average Bonchev–Trinajstić information content (AvgIpc) is 2.37. The number of sulfone groups is 1. The Kier molecular flexibility index (Phi) is 4.60. The molecule has 104 valence electrons. The largest absolute Gasteiger partial charge is 0.469 e. The van der Waals surface area contributed by atoms with Gasteiger partial charge in [0.1, 0.15) is 0 Å². The van der Waals surface area contributed by atoms with Gasteiger partial charge in [0.25, 0.3) is 5.69 Å². The second-order valence-electron chi connectivity index (χ2n) is 3.96. The number of non-ortho nitro benzene ring substituents is 1. The van der Waals surface area contributed by atoms with Gasteiger partial charge in [-0.3, -0.25) is 14.9 Å². The predicted molar refractivity (Wildman–Crippen MR) is 66.3 cm³/mol. The van der Waals surface area contributed by atoms with Crippen molar-refractivity contribution in [1.29, 1.82) is 0 Å². The van der Waals surface area contributed by atoms with E-state index in [1.54, 1.807) is 0 Å². The predicted octanol–water partition coefficient (Wildman–Crippen LogP) is 1.18. The van der Waals surface area contributed by atoms with Crippen molar-refractivity contribution in [2.75, 3.05) is 12.9 Å². The number of benzene rings is 1. The number of ether oxygens (including phenoxy) is 1. The van der Waals surface area contributed by atoms with E-state index in [-0.39, 0.29) is 10.6 Å². The van der Waals surface area contributed by atoms with Crippen LogP contribution in [-0.4, -0.2) is 32.2 Å². The smallest absolute Gasteiger partial charge is 0.309 e. The Morgan fingerprint density at radius 3 is 2.32 bits per heavy atom. The van der Waals surface area contributed by atoms with Crippen molar-refractivity contribution in [2.24, 2.45) is 5.92 Å². The summed E-state index contributed by atoms with van der Waals surface area (Å²) >= 11 is 0. The molecule has 19 heavy (non-hydrogen) atoms. The first-order valence-corrected chi connectivity index (χ1v) is 6.98. The van der Waals surface area contributed by atoms with Gasteiger partial charge < -0.3 is 4.74 Å². The van der Waals surface area contributed by atoms with Crippen LogP contribution < -0.4 is 0 Å². The van der Waals surface area contributed by atoms with E-state index in [0.29, 0.717) is 0 Å². The fourth-order valence-corrected chi connectivity index (χ4v) is 3.01. The number of esters is 1. The summed E-state index contributed by atoms with van der Waals surface area (Å²) in [6, 6.07) is 4.51. The third kappa shape index (κ3) is 3.75. The third-order valence-electron chi connectivity index (χ3n) is 2.48. The van der Waals surface area contributed by atoms with Crippen LogP contribution >= 0.6 is 0 Å². The molecule has 0 N–H and O–H groups in total. The van der Waals surface area contributed by atoms with Gasteiger partial charge in [-0.1, -0.05) is 6.92 Å². The zero-order valence-corrected chi connectivity index (χ0v) is 11.2. The Bertz CT molecular complexity index is 578. The molecular formula is C11H13NO6S. The van der Waals surface area contributed by atoms with Crippen LogP contribution in [0.5, 0.6) is 0 Å². The number of nitrogens with zero attached hydrogens (tertiary/aromatic N) is 1. The number of carbonyl (C=O) groups is 1. The molecule has 0 fully saturated rings. The van der Waals surface area contributed by atoms with Crippen LogP contribution in [0.15, 0.2) is 29.2 Å². The van der Waals surface area contributed by atoms with E-state index in [1.165, 1.54) is 14.0 Å². The monoisotopic (exact) mass is 287 g/mol. The van der Waals surface area contributed by atoms with Crippen LogP contribution in [-0.2, 0) is 19.4 Å². The van der Waals surface area contributed by atoms with E-state index in [1.807, 2.05) is 0 Å². The highest BCUT2D eigenvalue weighted by Crippen LogP contribution is 2.18. The molecular weight excluding hydrogens is 274 g/mol. The minimum Gasteiger partial charge on any atom is -0.469 e. The van der Waals surface area contributed by atoms with Crippen LogP contribution in [0.25, 0.3) is 0 Å². The highest BCUT2D eigenvalue weighted by molar-refractivity contribution is 7.91. The third-order valence-corrected chi connectivity index (χ3v) is 4.41. The fraction of sp³-hybridized carbons (Fsp3) is 0.364. The van der Waals surface area contributed by atoms with Gasteiger partial charge in [0.05, 0.1) is 28.6 Å². The molecule has 0 amide bonds. The molecule has 0 spiro atoms. The lowest BCUT2D eigenvalue weighted by Crippen LogP contribution is -2.22. The van der Waals surface area contributed by atoms with E-state index in [2.05, 4.69) is 4.74 Å². The first-order chi connectivity index (χ1) is 8.77. The first-order valence-electron chi connectivity index (χ1n) is 5.33. The Balaban J connectivity index is 2.94. The van der Waals surface area contributed by atoms with Gasteiger partial charge in [-0.2, -0.15) is 0 Å². The Morgan fingerprint density at radius 1 is 1.37 bits per heavy atom. The van der Waals surface area contributed by atoms with Crippen molar-refractivity contribution in [3.05, 3.63) is 34.4 Å². The molecule has 1 aromatic rings. The molecule has 1 aromatic carbocycles. The molecule has 8 heteroatoms. The molecule has 0 radical (unpaired) electrons. The van der Waals surface area contributed by atoms with Crippen LogP contribution in [0.4, 0.5) is 5.69 Å². The van der Waals surface area contributed by atoms with Crippen molar-refractivity contribution in [3.63, 3.8) is 0 Å². The molecule has 0 aliphatic rings. The van der Waals surface area contributed by atoms with Crippen molar-refractivity contribution in [2.45, 2.75) is 11.8 Å². The van der Waals surface area contributed by atoms with Gasteiger partial charge in [-0.15, -0.1) is 0 Å². The van der Waals surface area contributed by atoms with Gasteiger partial charge in [-0.05, 0) is 12.1 Å². The van der Waals surface area contributed by atoms with Gasteiger partial charge in [0.15, 0.2) is 9.84 Å². The quantitative estimate of drug-likeness (QED) is 0.457. The number of hydrogen-bond donors (Lipinski definition) is 0. The lowest BCUT2D eigenvalue weighted by Gasteiger charge is -2.09. The molecule has 0 saturated carbocycles. The number of carbonyl (C=O) groups excluding carboxylic acids is 1. The maximum atomic E-state index is 12.0. The standard InChI is InChI=1S/C11H13NO6S/c1-8(11(13)18-2)7-19(16,17)10-5-3-9(4-6-10)12(14)15/h3-6,8H,7H2,1-2H3. The van der Waals surface area contributed by atoms with Crippen molar-refractivity contribution >= 4 is 21.5 Å². The summed E-state index contributed by atoms with van der Waals surface area (Å²) in [5.41, 5.74) is -0.194. The van der Waals surface area contributed by atoms with Crippen molar-refractivity contribution in [1.82, 2.24) is 0 Å². The van der Waals surface area contributed by atoms with Gasteiger partial charge >= 0.3 is 5.97 Å². The van der Waals surface area contributed by atoms with Crippen LogP contribution in [0.2, 0.25) is 0 Å². The Morgan fingerprint density at radius 2 is 1.89 bits per heavy atom. The summed E-state index contributed by atoms with van der Waals surface area (Å²) in [5.74, 6) is -1.83. The fourth-order valence-electron chi connectivity index (χ4n) is 1.47. The van der Waals surface area contributed by atoms with E-state index in [4.69, 9.17) is 0 Å². The molecule has 0 aliphatic carbocycles. The van der Waals surface area contributed by atoms with E-state index < -0.39 is 32.4 Å². The van der Waals surface area contributed by atoms with Crippen LogP contribution in [0.1, 0.15) is 6.92 Å². The van der Waals surface area contributed by atoms with Gasteiger partial charge in [-0.25, -0.2) is 8.42 Å². The molecule has 7 nitrogen and oxygen atoms in total. The van der Waals surface area contributed by atoms with Crippen LogP contribution in [0, 0.1) is 16.0 Å². The van der Waals surface area contributed by atoms with Crippen LogP contribution in [0.3, 0.4) is 0 Å². The zero-order chi connectivity index (χ0) is 14.6. The number of rotatable bonds is 5. The number of hydrogen-bond acceptors (Lipinski definition) is 6. The number of nitro groups is 1. The van der Waals surface area contributed by atoms with Crippen molar-refractivity contribution < 1.29 is 22.9 Å². The summed E-state index contributed by atoms with van der Waals surface area (Å²) in [6.45, 7) is 1.44. The SMILES string of the molecule is COC(=O)C(C)CS(=O)(=O)c1ccc([N+](=O)[O-])cc1. The lowest BCUT2D eigenvalue weighted by atomic mass is 10.2. The molecule has 0 aromatic heterocycles. The average molecular weight is 287 g/mol. The van der Waals surface area contributed by atoms with E-state index >= 15 is 0 Å². The second-order valence-corrected chi connectivity index (χ2v) is 5.99. The van der Waals surface area contributed by atoms with Gasteiger partial charge in [0, 0.05) is 12.1 Å². The van der Waals surface area contributed by atoms with E-state index in [0.717, 1.165) is 24.3 Å². The molecule has 1 atom stereocenters. The topological polar surface area (TPSA) is 104 Å². The summed E-state index contributed by atoms with van der Waals surface area (Å²) in [6.07, 6.45) is 0. The van der Waals surface area contributed by atoms with Crippen molar-refractivity contribution in [3.8, 4) is 0 Å². The normalized spacial score (nSPS) is 12.7. The summed E-state index contributed by atoms with van der Waals surface area (Å²) < 4.78 is 28.4. The summed E-state index contributed by atoms with van der Waals surface area (Å²) in [5, 5.41) is 10.5. The highest BCUT2D eigenvalue weighted by atomic mass is 32.2. The number of methoxy groups -OCH3 is 1. The summed E-state index contributed by atoms with van der Waals surface area (Å²) in [7, 11) is -2.50. The highest BCUT2D eigenvalue weighted by Gasteiger charge is 2.24. The molecule has 1 unspecified atom stereocenters. The first kappa shape index (κ1) is 15.1. The Hall–Kier alpha value is -1.96. The number of nitro benzene ring substituents is 1.